The number of urea groups is 1. The lowest BCUT2D eigenvalue weighted by molar-refractivity contribution is 0.0697. The van der Waals surface area contributed by atoms with E-state index in [1.54, 1.807) is 24.3 Å². The molecule has 21 heavy (non-hydrogen) atoms. The van der Waals surface area contributed by atoms with Gasteiger partial charge in [0.15, 0.2) is 0 Å². The van der Waals surface area contributed by atoms with Crippen LogP contribution >= 0.6 is 0 Å². The third-order valence-electron chi connectivity index (χ3n) is 4.78. The van der Waals surface area contributed by atoms with Crippen molar-refractivity contribution in [3.05, 3.63) is 35.4 Å². The summed E-state index contributed by atoms with van der Waals surface area (Å²) in [6, 6.07) is 6.58. The predicted octanol–water partition coefficient (Wildman–Crippen LogP) is 2.47. The molecule has 2 aliphatic rings. The minimum Gasteiger partial charge on any atom is -0.478 e. The van der Waals surface area contributed by atoms with E-state index in [9.17, 15) is 9.59 Å². The Hall–Kier alpha value is -2.04. The molecule has 0 aromatic heterocycles. The molecule has 1 aliphatic heterocycles. The molecule has 1 aromatic rings. The standard InChI is InChI=1S/C16H20N2O3/c19-14(20)13-4-2-12(3-5-13)10-17-15(21)18-9-8-16(11-18)6-1-7-16/h2-5H,1,6-11H2,(H,17,21)(H,19,20). The molecular formula is C16H20N2O3. The first-order chi connectivity index (χ1) is 10.1. The molecule has 0 bridgehead atoms. The SMILES string of the molecule is O=C(O)c1ccc(CNC(=O)N2CCC3(CCC3)C2)cc1. The lowest BCUT2D eigenvalue weighted by Gasteiger charge is -2.37. The van der Waals surface area contributed by atoms with Crippen LogP contribution in [0.15, 0.2) is 24.3 Å². The molecule has 1 saturated heterocycles. The number of likely N-dealkylation sites (tertiary alicyclic amines) is 1. The zero-order chi connectivity index (χ0) is 14.9. The zero-order valence-corrected chi connectivity index (χ0v) is 12.0. The first-order valence-electron chi connectivity index (χ1n) is 7.43. The summed E-state index contributed by atoms with van der Waals surface area (Å²) in [5.41, 5.74) is 1.59. The van der Waals surface area contributed by atoms with Crippen molar-refractivity contribution in [1.82, 2.24) is 10.2 Å². The van der Waals surface area contributed by atoms with Gasteiger partial charge in [0, 0.05) is 19.6 Å². The number of hydrogen-bond donors (Lipinski definition) is 2. The summed E-state index contributed by atoms with van der Waals surface area (Å²) in [6.07, 6.45) is 4.94. The normalized spacial score (nSPS) is 19.3. The molecule has 0 atom stereocenters. The van der Waals surface area contributed by atoms with Crippen LogP contribution in [0.3, 0.4) is 0 Å². The molecule has 2 N–H and O–H groups in total. The fraction of sp³-hybridized carbons (Fsp3) is 0.500. The predicted molar refractivity (Wildman–Crippen MR) is 78.1 cm³/mol. The number of nitrogens with one attached hydrogen (secondary N) is 1. The van der Waals surface area contributed by atoms with Gasteiger partial charge in [0.05, 0.1) is 5.56 Å². The molecule has 1 saturated carbocycles. The smallest absolute Gasteiger partial charge is 0.335 e. The molecule has 1 heterocycles. The maximum Gasteiger partial charge on any atom is 0.335 e. The van der Waals surface area contributed by atoms with E-state index in [1.165, 1.54) is 19.3 Å². The summed E-state index contributed by atoms with van der Waals surface area (Å²) in [6.45, 7) is 2.17. The van der Waals surface area contributed by atoms with Crippen LogP contribution in [0.4, 0.5) is 4.79 Å². The fourth-order valence-corrected chi connectivity index (χ4v) is 3.25. The number of benzene rings is 1. The number of nitrogens with zero attached hydrogens (tertiary/aromatic N) is 1. The number of amides is 2. The highest BCUT2D eigenvalue weighted by atomic mass is 16.4. The van der Waals surface area contributed by atoms with Gasteiger partial charge in [-0.1, -0.05) is 18.6 Å². The lowest BCUT2D eigenvalue weighted by Crippen LogP contribution is -2.41. The molecule has 2 amide bonds. The Morgan fingerprint density at radius 1 is 1.19 bits per heavy atom. The van der Waals surface area contributed by atoms with E-state index in [0.717, 1.165) is 25.1 Å². The molecule has 2 fully saturated rings. The van der Waals surface area contributed by atoms with E-state index in [2.05, 4.69) is 5.32 Å². The first-order valence-corrected chi connectivity index (χ1v) is 7.43. The van der Waals surface area contributed by atoms with Crippen LogP contribution in [-0.4, -0.2) is 35.1 Å². The third kappa shape index (κ3) is 2.86. The van der Waals surface area contributed by atoms with Crippen molar-refractivity contribution < 1.29 is 14.7 Å². The van der Waals surface area contributed by atoms with Crippen molar-refractivity contribution in [2.45, 2.75) is 32.2 Å². The minimum atomic E-state index is -0.937. The third-order valence-corrected chi connectivity index (χ3v) is 4.78. The van der Waals surface area contributed by atoms with Gasteiger partial charge in [-0.15, -0.1) is 0 Å². The minimum absolute atomic E-state index is 0.0129. The van der Waals surface area contributed by atoms with Crippen molar-refractivity contribution >= 4 is 12.0 Å². The van der Waals surface area contributed by atoms with Gasteiger partial charge < -0.3 is 15.3 Å². The van der Waals surface area contributed by atoms with Gasteiger partial charge in [-0.25, -0.2) is 9.59 Å². The highest BCUT2D eigenvalue weighted by Crippen LogP contribution is 2.47. The summed E-state index contributed by atoms with van der Waals surface area (Å²) in [7, 11) is 0. The van der Waals surface area contributed by atoms with Gasteiger partial charge in [-0.3, -0.25) is 0 Å². The van der Waals surface area contributed by atoms with E-state index < -0.39 is 5.97 Å². The molecular weight excluding hydrogens is 268 g/mol. The van der Waals surface area contributed by atoms with Gasteiger partial charge in [0.1, 0.15) is 0 Å². The number of carbonyl (C=O) groups excluding carboxylic acids is 1. The second-order valence-electron chi connectivity index (χ2n) is 6.19. The molecule has 112 valence electrons. The molecule has 0 unspecified atom stereocenters. The van der Waals surface area contributed by atoms with Gasteiger partial charge in [0.25, 0.3) is 0 Å². The Morgan fingerprint density at radius 3 is 2.43 bits per heavy atom. The second kappa shape index (κ2) is 5.39. The molecule has 0 radical (unpaired) electrons. The maximum absolute atomic E-state index is 12.1. The lowest BCUT2D eigenvalue weighted by atomic mass is 9.68. The van der Waals surface area contributed by atoms with Crippen molar-refractivity contribution in [1.29, 1.82) is 0 Å². The molecule has 1 spiro atoms. The largest absolute Gasteiger partial charge is 0.478 e. The quantitative estimate of drug-likeness (QED) is 0.897. The van der Waals surface area contributed by atoms with Crippen molar-refractivity contribution in [2.75, 3.05) is 13.1 Å². The van der Waals surface area contributed by atoms with Gasteiger partial charge in [-0.05, 0) is 42.4 Å². The van der Waals surface area contributed by atoms with E-state index in [-0.39, 0.29) is 11.6 Å². The monoisotopic (exact) mass is 288 g/mol. The second-order valence-corrected chi connectivity index (χ2v) is 6.19. The van der Waals surface area contributed by atoms with E-state index in [1.807, 2.05) is 4.90 Å². The van der Waals surface area contributed by atoms with Crippen LogP contribution < -0.4 is 5.32 Å². The number of carbonyl (C=O) groups is 2. The van der Waals surface area contributed by atoms with E-state index >= 15 is 0 Å². The van der Waals surface area contributed by atoms with Crippen LogP contribution in [0, 0.1) is 5.41 Å². The van der Waals surface area contributed by atoms with Crippen molar-refractivity contribution in [2.24, 2.45) is 5.41 Å². The highest BCUT2D eigenvalue weighted by Gasteiger charge is 2.43. The van der Waals surface area contributed by atoms with Gasteiger partial charge in [-0.2, -0.15) is 0 Å². The van der Waals surface area contributed by atoms with Crippen molar-refractivity contribution in [3.63, 3.8) is 0 Å². The first kappa shape index (κ1) is 13.9. The maximum atomic E-state index is 12.1. The van der Waals surface area contributed by atoms with Crippen LogP contribution in [-0.2, 0) is 6.54 Å². The molecule has 5 heteroatoms. The van der Waals surface area contributed by atoms with Crippen LogP contribution in [0.25, 0.3) is 0 Å². The number of carboxylic acid groups (broad SMARTS) is 1. The summed E-state index contributed by atoms with van der Waals surface area (Å²) in [4.78, 5) is 24.8. The number of hydrogen-bond acceptors (Lipinski definition) is 2. The van der Waals surface area contributed by atoms with Crippen LogP contribution in [0.1, 0.15) is 41.6 Å². The Labute approximate surface area is 123 Å². The highest BCUT2D eigenvalue weighted by molar-refractivity contribution is 5.87. The average Bonchev–Trinajstić information content (AvgIpc) is 2.91. The fourth-order valence-electron chi connectivity index (χ4n) is 3.25. The van der Waals surface area contributed by atoms with Gasteiger partial charge in [0.2, 0.25) is 0 Å². The van der Waals surface area contributed by atoms with E-state index in [0.29, 0.717) is 12.0 Å². The van der Waals surface area contributed by atoms with Crippen LogP contribution in [0.2, 0.25) is 0 Å². The topological polar surface area (TPSA) is 69.6 Å². The van der Waals surface area contributed by atoms with E-state index in [4.69, 9.17) is 5.11 Å². The average molecular weight is 288 g/mol. The summed E-state index contributed by atoms with van der Waals surface area (Å²) < 4.78 is 0. The zero-order valence-electron chi connectivity index (χ0n) is 12.0. The van der Waals surface area contributed by atoms with Crippen LogP contribution in [0.5, 0.6) is 0 Å². The van der Waals surface area contributed by atoms with Crippen molar-refractivity contribution in [3.8, 4) is 0 Å². The van der Waals surface area contributed by atoms with Gasteiger partial charge >= 0.3 is 12.0 Å². The Morgan fingerprint density at radius 2 is 1.90 bits per heavy atom. The summed E-state index contributed by atoms with van der Waals surface area (Å²) in [5, 5.41) is 11.8. The molecule has 5 nitrogen and oxygen atoms in total. The Bertz CT molecular complexity index is 549. The summed E-state index contributed by atoms with van der Waals surface area (Å²) >= 11 is 0. The number of carboxylic acids is 1. The molecule has 3 rings (SSSR count). The Balaban J connectivity index is 1.50. The molecule has 1 aromatic carbocycles. The Kier molecular flexibility index (Phi) is 3.57. The number of rotatable bonds is 3. The summed E-state index contributed by atoms with van der Waals surface area (Å²) in [5.74, 6) is -0.937. The molecule has 1 aliphatic carbocycles. The number of aromatic carboxylic acids is 1.